The molecule has 5 heteroatoms. The molecule has 0 amide bonds. The summed E-state index contributed by atoms with van der Waals surface area (Å²) in [5, 5.41) is 9.90. The summed E-state index contributed by atoms with van der Waals surface area (Å²) in [5.41, 5.74) is -0.472. The number of aliphatic hydroxyl groups excluding tert-OH is 1. The monoisotopic (exact) mass is 460 g/mol. The molecule has 1 saturated heterocycles. The molecule has 1 heterocycles. The third-order valence-corrected chi connectivity index (χ3v) is 8.32. The minimum absolute atomic E-state index is 0.0741. The van der Waals surface area contributed by atoms with Crippen molar-refractivity contribution in [2.24, 2.45) is 35.0 Å². The molecule has 2 aliphatic carbocycles. The molecule has 0 aromatic carbocycles. The minimum atomic E-state index is -0.579. The molecule has 0 bridgehead atoms. The van der Waals surface area contributed by atoms with E-state index in [0.29, 0.717) is 36.0 Å². The average molecular weight is 461 g/mol. The molecule has 0 aromatic heterocycles. The zero-order valence-corrected chi connectivity index (χ0v) is 21.2. The van der Waals surface area contributed by atoms with Gasteiger partial charge in [0.1, 0.15) is 12.2 Å². The summed E-state index contributed by atoms with van der Waals surface area (Å²) in [6.07, 6.45) is 14.4. The van der Waals surface area contributed by atoms with E-state index in [9.17, 15) is 14.7 Å². The standard InChI is InChI=1S/C28H44O5/c1-6-9-19-14-20-13-12-18(3)23(11-8-10-22-16-21(29)17-25(30)32-22)26(20)24(15-19)33-27(31)28(4,5)7-2/h6,9,12-13,18-24,26,29H,7-8,10-11,14-17H2,1-5H3/b9-6+/t18-,19-,20-,21+,22+,23-,24-,26-/m0/s1. The molecular formula is C28H44O5. The van der Waals surface area contributed by atoms with Crippen LogP contribution in [0.2, 0.25) is 0 Å². The van der Waals surface area contributed by atoms with Crippen molar-refractivity contribution < 1.29 is 24.2 Å². The smallest absolute Gasteiger partial charge is 0.311 e. The van der Waals surface area contributed by atoms with E-state index in [0.717, 1.165) is 38.5 Å². The second-order valence-corrected chi connectivity index (χ2v) is 11.2. The van der Waals surface area contributed by atoms with Gasteiger partial charge in [0.15, 0.2) is 0 Å². The van der Waals surface area contributed by atoms with Crippen LogP contribution in [0.25, 0.3) is 0 Å². The van der Waals surface area contributed by atoms with Crippen LogP contribution in [-0.4, -0.2) is 35.4 Å². The van der Waals surface area contributed by atoms with Crippen molar-refractivity contribution >= 4 is 11.9 Å². The van der Waals surface area contributed by atoms with Crippen LogP contribution in [0.5, 0.6) is 0 Å². The topological polar surface area (TPSA) is 72.8 Å². The number of ether oxygens (including phenoxy) is 2. The number of fused-ring (bicyclic) bond motifs is 1. The first-order valence-corrected chi connectivity index (χ1v) is 13.0. The molecule has 0 radical (unpaired) electrons. The first kappa shape index (κ1) is 26.0. The van der Waals surface area contributed by atoms with E-state index in [4.69, 9.17) is 9.47 Å². The van der Waals surface area contributed by atoms with Crippen molar-refractivity contribution in [2.45, 2.75) is 104 Å². The molecule has 3 rings (SSSR count). The zero-order chi connectivity index (χ0) is 24.2. The summed E-state index contributed by atoms with van der Waals surface area (Å²) in [6, 6.07) is 0. The van der Waals surface area contributed by atoms with Crippen molar-refractivity contribution in [3.63, 3.8) is 0 Å². The first-order valence-electron chi connectivity index (χ1n) is 13.0. The molecule has 8 atom stereocenters. The predicted octanol–water partition coefficient (Wildman–Crippen LogP) is 5.61. The number of hydrogen-bond acceptors (Lipinski definition) is 5. The van der Waals surface area contributed by atoms with Crippen LogP contribution in [0.15, 0.2) is 24.3 Å². The van der Waals surface area contributed by atoms with Gasteiger partial charge in [-0.1, -0.05) is 38.2 Å². The van der Waals surface area contributed by atoms with Gasteiger partial charge in [-0.05, 0) is 83.0 Å². The number of hydrogen-bond donors (Lipinski definition) is 1. The Morgan fingerprint density at radius 1 is 1.24 bits per heavy atom. The van der Waals surface area contributed by atoms with E-state index >= 15 is 0 Å². The van der Waals surface area contributed by atoms with Crippen LogP contribution in [0, 0.1) is 35.0 Å². The summed E-state index contributed by atoms with van der Waals surface area (Å²) < 4.78 is 11.7. The number of carbonyl (C=O) groups is 2. The molecule has 33 heavy (non-hydrogen) atoms. The molecule has 1 aliphatic heterocycles. The highest BCUT2D eigenvalue weighted by molar-refractivity contribution is 5.76. The Labute approximate surface area is 200 Å². The van der Waals surface area contributed by atoms with Crippen molar-refractivity contribution in [2.75, 3.05) is 0 Å². The van der Waals surface area contributed by atoms with Gasteiger partial charge in [0.2, 0.25) is 0 Å². The van der Waals surface area contributed by atoms with E-state index in [1.165, 1.54) is 0 Å². The second kappa shape index (κ2) is 11.2. The molecular weight excluding hydrogens is 416 g/mol. The summed E-state index contributed by atoms with van der Waals surface area (Å²) >= 11 is 0. The average Bonchev–Trinajstić information content (AvgIpc) is 2.75. The molecule has 0 aromatic rings. The van der Waals surface area contributed by atoms with E-state index in [1.807, 2.05) is 20.8 Å². The fourth-order valence-electron chi connectivity index (χ4n) is 6.02. The quantitative estimate of drug-likeness (QED) is 0.376. The molecule has 186 valence electrons. The first-order chi connectivity index (χ1) is 15.6. The number of rotatable bonds is 8. The van der Waals surface area contributed by atoms with Crippen molar-refractivity contribution in [1.82, 2.24) is 0 Å². The Morgan fingerprint density at radius 2 is 2.00 bits per heavy atom. The zero-order valence-electron chi connectivity index (χ0n) is 21.2. The van der Waals surface area contributed by atoms with E-state index < -0.39 is 11.5 Å². The maximum atomic E-state index is 13.0. The lowest BCUT2D eigenvalue weighted by molar-refractivity contribution is -0.169. The fourth-order valence-corrected chi connectivity index (χ4v) is 6.02. The summed E-state index contributed by atoms with van der Waals surface area (Å²) in [4.78, 5) is 24.7. The van der Waals surface area contributed by atoms with Gasteiger partial charge in [0, 0.05) is 12.3 Å². The number of carbonyl (C=O) groups excluding carboxylic acids is 2. The van der Waals surface area contributed by atoms with Crippen LogP contribution in [0.1, 0.15) is 86.0 Å². The van der Waals surface area contributed by atoms with Crippen LogP contribution >= 0.6 is 0 Å². The highest BCUT2D eigenvalue weighted by Gasteiger charge is 2.46. The van der Waals surface area contributed by atoms with Gasteiger partial charge in [-0.25, -0.2) is 0 Å². The van der Waals surface area contributed by atoms with Gasteiger partial charge in [0.25, 0.3) is 0 Å². The van der Waals surface area contributed by atoms with Crippen molar-refractivity contribution in [3.8, 4) is 0 Å². The van der Waals surface area contributed by atoms with Gasteiger partial charge in [-0.15, -0.1) is 0 Å². The van der Waals surface area contributed by atoms with Gasteiger partial charge in [0.05, 0.1) is 17.9 Å². The number of allylic oxidation sites excluding steroid dienone is 4. The Hall–Kier alpha value is -1.62. The lowest BCUT2D eigenvalue weighted by atomic mass is 9.60. The molecule has 3 aliphatic rings. The van der Waals surface area contributed by atoms with Crippen LogP contribution in [0.3, 0.4) is 0 Å². The SMILES string of the molecule is C/C=C/[C@@H]1C[C@H](OC(=O)C(C)(C)CC)[C@@H]2[C@@H](CCC[C@@H]3C[C@@H](O)CC(=O)O3)[C@@H](C)C=C[C@H]2C1. The van der Waals surface area contributed by atoms with Gasteiger partial charge >= 0.3 is 11.9 Å². The van der Waals surface area contributed by atoms with Crippen LogP contribution < -0.4 is 0 Å². The van der Waals surface area contributed by atoms with Crippen molar-refractivity contribution in [3.05, 3.63) is 24.3 Å². The normalized spacial score (nSPS) is 37.0. The van der Waals surface area contributed by atoms with Gasteiger partial charge in [-0.2, -0.15) is 0 Å². The summed E-state index contributed by atoms with van der Waals surface area (Å²) in [5.74, 6) is 1.64. The lowest BCUT2D eigenvalue weighted by Gasteiger charge is -2.48. The van der Waals surface area contributed by atoms with Crippen LogP contribution in [-0.2, 0) is 19.1 Å². The molecule has 0 spiro atoms. The Morgan fingerprint density at radius 3 is 2.67 bits per heavy atom. The fraction of sp³-hybridized carbons (Fsp3) is 0.786. The second-order valence-electron chi connectivity index (χ2n) is 11.2. The maximum Gasteiger partial charge on any atom is 0.311 e. The van der Waals surface area contributed by atoms with Crippen molar-refractivity contribution in [1.29, 1.82) is 0 Å². The third-order valence-electron chi connectivity index (χ3n) is 8.32. The largest absolute Gasteiger partial charge is 0.462 e. The molecule has 5 nitrogen and oxygen atoms in total. The third kappa shape index (κ3) is 6.49. The molecule has 2 fully saturated rings. The van der Waals surface area contributed by atoms with E-state index in [2.05, 4.69) is 38.2 Å². The highest BCUT2D eigenvalue weighted by atomic mass is 16.6. The van der Waals surface area contributed by atoms with Crippen LogP contribution in [0.4, 0.5) is 0 Å². The number of cyclic esters (lactones) is 1. The Balaban J connectivity index is 1.72. The molecule has 1 N–H and O–H groups in total. The summed E-state index contributed by atoms with van der Waals surface area (Å²) in [7, 11) is 0. The Kier molecular flexibility index (Phi) is 8.82. The molecule has 1 saturated carbocycles. The molecule has 0 unspecified atom stereocenters. The number of esters is 2. The number of aliphatic hydroxyl groups is 1. The highest BCUT2D eigenvalue weighted by Crippen LogP contribution is 2.48. The maximum absolute atomic E-state index is 13.0. The lowest BCUT2D eigenvalue weighted by Crippen LogP contribution is -2.47. The van der Waals surface area contributed by atoms with Gasteiger partial charge < -0.3 is 14.6 Å². The Bertz CT molecular complexity index is 739. The summed E-state index contributed by atoms with van der Waals surface area (Å²) in [6.45, 7) is 10.3. The van der Waals surface area contributed by atoms with Gasteiger partial charge in [-0.3, -0.25) is 9.59 Å². The van der Waals surface area contributed by atoms with E-state index in [1.54, 1.807) is 0 Å². The predicted molar refractivity (Wildman–Crippen MR) is 129 cm³/mol. The minimum Gasteiger partial charge on any atom is -0.462 e. The van der Waals surface area contributed by atoms with E-state index in [-0.39, 0.29) is 30.6 Å².